The highest BCUT2D eigenvalue weighted by Gasteiger charge is 2.38. The van der Waals surface area contributed by atoms with Crippen molar-refractivity contribution in [2.75, 3.05) is 52.5 Å². The number of piperidine rings is 1. The van der Waals surface area contributed by atoms with E-state index in [4.69, 9.17) is 9.84 Å². The molecule has 0 aliphatic carbocycles. The smallest absolute Gasteiger partial charge is 0.274 e. The number of nitrogens with zero attached hydrogens (tertiary/aromatic N) is 4. The molecule has 4 heterocycles. The van der Waals surface area contributed by atoms with Gasteiger partial charge in [0.2, 0.25) is 5.91 Å². The second-order valence-electron chi connectivity index (χ2n) is 9.36. The summed E-state index contributed by atoms with van der Waals surface area (Å²) in [5, 5.41) is 7.67. The molecule has 1 aromatic carbocycles. The van der Waals surface area contributed by atoms with Gasteiger partial charge in [0.1, 0.15) is 0 Å². The maximum atomic E-state index is 13.5. The Balaban J connectivity index is 1.54. The summed E-state index contributed by atoms with van der Waals surface area (Å²) in [5.41, 5.74) is 2.07. The Morgan fingerprint density at radius 2 is 1.94 bits per heavy atom. The van der Waals surface area contributed by atoms with Gasteiger partial charge in [-0.25, -0.2) is 8.42 Å². The maximum Gasteiger partial charge on any atom is 0.274 e. The average Bonchev–Trinajstić information content (AvgIpc) is 3.23. The molecular formula is C24H31N5O5S. The topological polar surface area (TPSA) is 114 Å². The number of sulfone groups is 1. The average molecular weight is 502 g/mol. The normalized spacial score (nSPS) is 21.7. The molecule has 0 spiro atoms. The van der Waals surface area contributed by atoms with Gasteiger partial charge < -0.3 is 15.0 Å². The molecule has 3 aliphatic heterocycles. The zero-order valence-corrected chi connectivity index (χ0v) is 20.7. The fourth-order valence-electron chi connectivity index (χ4n) is 5.27. The van der Waals surface area contributed by atoms with E-state index in [0.717, 1.165) is 31.6 Å². The Labute approximate surface area is 205 Å². The standard InChI is InChI=1S/C24H31N5O5S/c1-17(30)25-8-10-27-9-4-5-18(15-27)29-23-19-6-2-3-7-21(19)35(32,33)16-20(23)22(26-29)24(31)28-11-13-34-14-12-28/h2-3,6-7,18H,4-5,8-16H2,1H3,(H,25,30)/t18-/m0/s1. The molecule has 10 nitrogen and oxygen atoms in total. The van der Waals surface area contributed by atoms with Gasteiger partial charge in [-0.15, -0.1) is 0 Å². The highest BCUT2D eigenvalue weighted by Crippen LogP contribution is 2.41. The van der Waals surface area contributed by atoms with Gasteiger partial charge in [-0.2, -0.15) is 5.10 Å². The summed E-state index contributed by atoms with van der Waals surface area (Å²) in [4.78, 5) is 29.0. The highest BCUT2D eigenvalue weighted by molar-refractivity contribution is 7.90. The first-order chi connectivity index (χ1) is 16.8. The van der Waals surface area contributed by atoms with E-state index in [2.05, 4.69) is 10.2 Å². The van der Waals surface area contributed by atoms with Crippen LogP contribution in [0.1, 0.15) is 41.9 Å². The van der Waals surface area contributed by atoms with Crippen molar-refractivity contribution < 1.29 is 22.7 Å². The van der Waals surface area contributed by atoms with Crippen LogP contribution in [0.5, 0.6) is 0 Å². The first-order valence-corrected chi connectivity index (χ1v) is 13.8. The number of aromatic nitrogens is 2. The van der Waals surface area contributed by atoms with Crippen molar-refractivity contribution in [1.82, 2.24) is 24.9 Å². The van der Waals surface area contributed by atoms with Crippen LogP contribution in [-0.2, 0) is 25.1 Å². The molecule has 0 radical (unpaired) electrons. The Morgan fingerprint density at radius 3 is 2.71 bits per heavy atom. The van der Waals surface area contributed by atoms with Crippen molar-refractivity contribution in [2.24, 2.45) is 0 Å². The lowest BCUT2D eigenvalue weighted by molar-refractivity contribution is -0.119. The molecule has 188 valence electrons. The Morgan fingerprint density at radius 1 is 1.17 bits per heavy atom. The van der Waals surface area contributed by atoms with Gasteiger partial charge in [-0.1, -0.05) is 18.2 Å². The molecule has 11 heteroatoms. The molecule has 2 saturated heterocycles. The Kier molecular flexibility index (Phi) is 6.65. The zero-order valence-electron chi connectivity index (χ0n) is 19.9. The number of amides is 2. The van der Waals surface area contributed by atoms with Crippen LogP contribution < -0.4 is 5.32 Å². The first kappa shape index (κ1) is 24.0. The van der Waals surface area contributed by atoms with E-state index in [9.17, 15) is 18.0 Å². The van der Waals surface area contributed by atoms with Crippen molar-refractivity contribution in [3.63, 3.8) is 0 Å². The van der Waals surface area contributed by atoms with Gasteiger partial charge in [0.15, 0.2) is 15.5 Å². The molecule has 1 N–H and O–H groups in total. The monoisotopic (exact) mass is 501 g/mol. The molecule has 2 fully saturated rings. The second-order valence-corrected chi connectivity index (χ2v) is 11.3. The lowest BCUT2D eigenvalue weighted by atomic mass is 10.0. The minimum absolute atomic E-state index is 0.00470. The Bertz CT molecular complexity index is 1230. The van der Waals surface area contributed by atoms with Crippen molar-refractivity contribution in [2.45, 2.75) is 36.5 Å². The van der Waals surface area contributed by atoms with Crippen LogP contribution in [0.3, 0.4) is 0 Å². The van der Waals surface area contributed by atoms with Crippen LogP contribution in [-0.4, -0.2) is 92.3 Å². The molecule has 0 bridgehead atoms. The third-order valence-corrected chi connectivity index (χ3v) is 8.64. The van der Waals surface area contributed by atoms with Crippen LogP contribution >= 0.6 is 0 Å². The first-order valence-electron chi connectivity index (χ1n) is 12.1. The number of carbonyl (C=O) groups excluding carboxylic acids is 2. The number of likely N-dealkylation sites (tertiary alicyclic amines) is 1. The summed E-state index contributed by atoms with van der Waals surface area (Å²) in [5.74, 6) is -0.524. The van der Waals surface area contributed by atoms with E-state index in [-0.39, 0.29) is 34.2 Å². The van der Waals surface area contributed by atoms with Crippen molar-refractivity contribution in [1.29, 1.82) is 0 Å². The molecule has 2 amide bonds. The number of carbonyl (C=O) groups is 2. The number of nitrogens with one attached hydrogen (secondary N) is 1. The van der Waals surface area contributed by atoms with E-state index < -0.39 is 9.84 Å². The van der Waals surface area contributed by atoms with Gasteiger partial charge in [-0.05, 0) is 25.5 Å². The number of benzene rings is 1. The summed E-state index contributed by atoms with van der Waals surface area (Å²) in [6.07, 6.45) is 1.83. The fourth-order valence-corrected chi connectivity index (χ4v) is 6.86. The predicted molar refractivity (Wildman–Crippen MR) is 129 cm³/mol. The van der Waals surface area contributed by atoms with Crippen LogP contribution in [0.4, 0.5) is 0 Å². The molecule has 0 unspecified atom stereocenters. The maximum absolute atomic E-state index is 13.5. The molecule has 1 atom stereocenters. The molecule has 5 rings (SSSR count). The summed E-state index contributed by atoms with van der Waals surface area (Å²) in [7, 11) is -3.59. The minimum atomic E-state index is -3.59. The van der Waals surface area contributed by atoms with E-state index in [1.807, 2.05) is 16.8 Å². The summed E-state index contributed by atoms with van der Waals surface area (Å²) in [6.45, 7) is 6.29. The van der Waals surface area contributed by atoms with Gasteiger partial charge >= 0.3 is 0 Å². The minimum Gasteiger partial charge on any atom is -0.378 e. The van der Waals surface area contributed by atoms with Crippen LogP contribution in [0.2, 0.25) is 0 Å². The number of hydrogen-bond acceptors (Lipinski definition) is 7. The molecular weight excluding hydrogens is 470 g/mol. The van der Waals surface area contributed by atoms with E-state index >= 15 is 0 Å². The van der Waals surface area contributed by atoms with Gasteiger partial charge in [0, 0.05) is 50.8 Å². The fraction of sp³-hybridized carbons (Fsp3) is 0.542. The largest absolute Gasteiger partial charge is 0.378 e. The molecule has 1 aromatic heterocycles. The molecule has 35 heavy (non-hydrogen) atoms. The van der Waals surface area contributed by atoms with Crippen LogP contribution in [0.15, 0.2) is 29.2 Å². The van der Waals surface area contributed by atoms with Crippen LogP contribution in [0.25, 0.3) is 11.3 Å². The zero-order chi connectivity index (χ0) is 24.6. The van der Waals surface area contributed by atoms with Crippen molar-refractivity contribution in [3.05, 3.63) is 35.5 Å². The SMILES string of the molecule is CC(=O)NCCN1CCC[C@H](n2nc(C(=O)N3CCOCC3)c3c2-c2ccccc2S(=O)(=O)C3)C1. The summed E-state index contributed by atoms with van der Waals surface area (Å²) >= 11 is 0. The van der Waals surface area contributed by atoms with Crippen molar-refractivity contribution in [3.8, 4) is 11.3 Å². The number of fused-ring (bicyclic) bond motifs is 3. The third kappa shape index (κ3) is 4.72. The van der Waals surface area contributed by atoms with Crippen LogP contribution in [0, 0.1) is 0 Å². The number of hydrogen-bond donors (Lipinski definition) is 1. The lowest BCUT2D eigenvalue weighted by Gasteiger charge is -2.34. The predicted octanol–water partition coefficient (Wildman–Crippen LogP) is 1.08. The second kappa shape index (κ2) is 9.71. The quantitative estimate of drug-likeness (QED) is 0.652. The molecule has 2 aromatic rings. The number of rotatable bonds is 5. The van der Waals surface area contributed by atoms with Gasteiger partial charge in [0.05, 0.1) is 35.6 Å². The van der Waals surface area contributed by atoms with E-state index in [1.165, 1.54) is 6.92 Å². The summed E-state index contributed by atoms with van der Waals surface area (Å²) in [6, 6.07) is 6.99. The number of ether oxygens (including phenoxy) is 1. The highest BCUT2D eigenvalue weighted by atomic mass is 32.2. The molecule has 0 saturated carbocycles. The number of morpholine rings is 1. The molecule has 3 aliphatic rings. The van der Waals surface area contributed by atoms with Gasteiger partial charge in [0.25, 0.3) is 5.91 Å². The lowest BCUT2D eigenvalue weighted by Crippen LogP contribution is -2.42. The van der Waals surface area contributed by atoms with E-state index in [1.54, 1.807) is 17.0 Å². The summed E-state index contributed by atoms with van der Waals surface area (Å²) < 4.78 is 33.6. The van der Waals surface area contributed by atoms with Crippen molar-refractivity contribution >= 4 is 21.7 Å². The van der Waals surface area contributed by atoms with E-state index in [0.29, 0.717) is 50.5 Å². The Hall–Kier alpha value is -2.76. The third-order valence-electron chi connectivity index (χ3n) is 6.95. The van der Waals surface area contributed by atoms with Gasteiger partial charge in [-0.3, -0.25) is 19.2 Å².